The number of imidazole rings is 1. The number of nitrogens with zero attached hydrogens (tertiary/aromatic N) is 3. The molecule has 1 saturated heterocycles. The summed E-state index contributed by atoms with van der Waals surface area (Å²) in [6.07, 6.45) is -0.961. The number of hydrogen-bond acceptors (Lipinski definition) is 4. The first-order chi connectivity index (χ1) is 16.0. The minimum absolute atomic E-state index is 0.0100. The van der Waals surface area contributed by atoms with Gasteiger partial charge in [0.05, 0.1) is 11.9 Å². The summed E-state index contributed by atoms with van der Waals surface area (Å²) in [4.78, 5) is 4.03. The lowest BCUT2D eigenvalue weighted by Gasteiger charge is -2.31. The summed E-state index contributed by atoms with van der Waals surface area (Å²) in [5, 5.41) is 3.49. The topological polar surface area (TPSA) is 67.2 Å². The molecule has 3 aromatic rings. The highest BCUT2D eigenvalue weighted by atomic mass is 35.5. The minimum Gasteiger partial charge on any atom is -0.339 e. The van der Waals surface area contributed by atoms with E-state index in [0.29, 0.717) is 12.0 Å². The van der Waals surface area contributed by atoms with Gasteiger partial charge in [-0.3, -0.25) is 0 Å². The van der Waals surface area contributed by atoms with Crippen LogP contribution in [-0.4, -0.2) is 40.9 Å². The SMILES string of the molecule is Cn1cnc(S(=O)(=O)N2C[C@H]3c4ccccc4C[C@]3(NCc3ccc(C(F)(F)F)cc3Cl)C2)c1. The van der Waals surface area contributed by atoms with Crippen molar-refractivity contribution in [3.63, 3.8) is 0 Å². The average Bonchev–Trinajstić information content (AvgIpc) is 3.44. The lowest BCUT2D eigenvalue weighted by molar-refractivity contribution is -0.137. The number of nitrogens with one attached hydrogen (secondary N) is 1. The van der Waals surface area contributed by atoms with Crippen molar-refractivity contribution >= 4 is 21.6 Å². The fourth-order valence-corrected chi connectivity index (χ4v) is 6.77. The predicted octanol–water partition coefficient (Wildman–Crippen LogP) is 3.97. The van der Waals surface area contributed by atoms with Crippen molar-refractivity contribution in [2.24, 2.45) is 7.05 Å². The van der Waals surface area contributed by atoms with Crippen LogP contribution >= 0.6 is 11.6 Å². The van der Waals surface area contributed by atoms with Crippen LogP contribution in [0.4, 0.5) is 13.2 Å². The summed E-state index contributed by atoms with van der Waals surface area (Å²) in [6.45, 7) is 0.701. The number of rotatable bonds is 5. The molecule has 6 nitrogen and oxygen atoms in total. The number of fused-ring (bicyclic) bond motifs is 3. The van der Waals surface area contributed by atoms with Crippen LogP contribution in [0.1, 0.15) is 28.2 Å². The zero-order valence-corrected chi connectivity index (χ0v) is 19.8. The Labute approximate surface area is 200 Å². The van der Waals surface area contributed by atoms with Crippen LogP contribution in [-0.2, 0) is 36.2 Å². The number of halogens is 4. The quantitative estimate of drug-likeness (QED) is 0.564. The molecule has 0 bridgehead atoms. The molecular weight excluding hydrogens is 489 g/mol. The Balaban J connectivity index is 1.45. The third-order valence-corrected chi connectivity index (χ3v) is 8.79. The second-order valence-electron chi connectivity index (χ2n) is 8.92. The van der Waals surface area contributed by atoms with Crippen LogP contribution < -0.4 is 5.32 Å². The maximum atomic E-state index is 13.3. The first-order valence-electron chi connectivity index (χ1n) is 10.7. The highest BCUT2D eigenvalue weighted by molar-refractivity contribution is 7.89. The molecular formula is C23H22ClF3N4O2S. The predicted molar refractivity (Wildman–Crippen MR) is 121 cm³/mol. The third-order valence-electron chi connectivity index (χ3n) is 6.74. The monoisotopic (exact) mass is 510 g/mol. The number of alkyl halides is 3. The van der Waals surface area contributed by atoms with E-state index in [1.807, 2.05) is 24.3 Å². The second kappa shape index (κ2) is 8.08. The van der Waals surface area contributed by atoms with Crippen LogP contribution in [0, 0.1) is 0 Å². The number of aryl methyl sites for hydroxylation is 1. The van der Waals surface area contributed by atoms with Crippen molar-refractivity contribution in [3.8, 4) is 0 Å². The Kier molecular flexibility index (Phi) is 5.55. The van der Waals surface area contributed by atoms with Crippen LogP contribution in [0.2, 0.25) is 5.02 Å². The zero-order chi connectivity index (χ0) is 24.3. The molecule has 2 heterocycles. The molecule has 1 aromatic heterocycles. The number of aromatic nitrogens is 2. The summed E-state index contributed by atoms with van der Waals surface area (Å²) in [5.74, 6) is -0.115. The minimum atomic E-state index is -4.47. The van der Waals surface area contributed by atoms with Crippen molar-refractivity contribution in [3.05, 3.63) is 82.3 Å². The van der Waals surface area contributed by atoms with Crippen LogP contribution in [0.25, 0.3) is 0 Å². The van der Waals surface area contributed by atoms with Gasteiger partial charge in [0.1, 0.15) is 0 Å². The largest absolute Gasteiger partial charge is 0.416 e. The summed E-state index contributed by atoms with van der Waals surface area (Å²) in [7, 11) is -2.10. The Morgan fingerprint density at radius 2 is 2.00 bits per heavy atom. The molecule has 180 valence electrons. The van der Waals surface area contributed by atoms with Crippen LogP contribution in [0.3, 0.4) is 0 Å². The molecule has 1 aliphatic heterocycles. The van der Waals surface area contributed by atoms with E-state index in [4.69, 9.17) is 11.6 Å². The van der Waals surface area contributed by atoms with Gasteiger partial charge in [-0.15, -0.1) is 0 Å². The zero-order valence-electron chi connectivity index (χ0n) is 18.2. The number of sulfonamides is 1. The first kappa shape index (κ1) is 23.3. The normalized spacial score (nSPS) is 22.7. The summed E-state index contributed by atoms with van der Waals surface area (Å²) in [5.41, 5.74) is 1.31. The maximum Gasteiger partial charge on any atom is 0.416 e. The van der Waals surface area contributed by atoms with E-state index in [9.17, 15) is 21.6 Å². The van der Waals surface area contributed by atoms with Gasteiger partial charge in [-0.25, -0.2) is 13.4 Å². The van der Waals surface area contributed by atoms with Gasteiger partial charge in [0.2, 0.25) is 0 Å². The highest BCUT2D eigenvalue weighted by Crippen LogP contribution is 2.47. The van der Waals surface area contributed by atoms with Crippen molar-refractivity contribution in [1.29, 1.82) is 0 Å². The van der Waals surface area contributed by atoms with E-state index in [0.717, 1.165) is 23.3 Å². The molecule has 2 atom stereocenters. The lowest BCUT2D eigenvalue weighted by atomic mass is 9.87. The van der Waals surface area contributed by atoms with Gasteiger partial charge in [-0.2, -0.15) is 17.5 Å². The van der Waals surface area contributed by atoms with Crippen molar-refractivity contribution in [1.82, 2.24) is 19.2 Å². The Hall–Kier alpha value is -2.40. The third kappa shape index (κ3) is 3.92. The fraction of sp³-hybridized carbons (Fsp3) is 0.348. The number of hydrogen-bond donors (Lipinski definition) is 1. The van der Waals surface area contributed by atoms with Gasteiger partial charge >= 0.3 is 6.18 Å². The summed E-state index contributed by atoms with van der Waals surface area (Å²) >= 11 is 6.18. The number of benzene rings is 2. The van der Waals surface area contributed by atoms with Gasteiger partial charge in [0.25, 0.3) is 10.0 Å². The molecule has 0 radical (unpaired) electrons. The van der Waals surface area contributed by atoms with Crippen molar-refractivity contribution in [2.45, 2.75) is 35.6 Å². The highest BCUT2D eigenvalue weighted by Gasteiger charge is 2.54. The van der Waals surface area contributed by atoms with E-state index in [1.165, 1.54) is 22.9 Å². The Morgan fingerprint density at radius 3 is 2.68 bits per heavy atom. The van der Waals surface area contributed by atoms with Gasteiger partial charge in [0.15, 0.2) is 5.03 Å². The van der Waals surface area contributed by atoms with E-state index >= 15 is 0 Å². The molecule has 1 fully saturated rings. The molecule has 0 spiro atoms. The molecule has 11 heteroatoms. The molecule has 1 N–H and O–H groups in total. The van der Waals surface area contributed by atoms with E-state index in [-0.39, 0.29) is 35.6 Å². The fourth-order valence-electron chi connectivity index (χ4n) is 5.04. The van der Waals surface area contributed by atoms with Crippen molar-refractivity contribution in [2.75, 3.05) is 13.1 Å². The molecule has 1 aliphatic carbocycles. The molecule has 5 rings (SSSR count). The second-order valence-corrected chi connectivity index (χ2v) is 11.2. The molecule has 0 amide bonds. The Morgan fingerprint density at radius 1 is 1.24 bits per heavy atom. The van der Waals surface area contributed by atoms with Crippen molar-refractivity contribution < 1.29 is 21.6 Å². The molecule has 0 unspecified atom stereocenters. The average molecular weight is 511 g/mol. The van der Waals surface area contributed by atoms with Gasteiger partial charge < -0.3 is 9.88 Å². The molecule has 34 heavy (non-hydrogen) atoms. The summed E-state index contributed by atoms with van der Waals surface area (Å²) in [6, 6.07) is 11.2. The van der Waals surface area contributed by atoms with Gasteiger partial charge in [0, 0.05) is 49.4 Å². The van der Waals surface area contributed by atoms with E-state index in [2.05, 4.69) is 10.3 Å². The Bertz CT molecular complexity index is 1360. The molecule has 2 aliphatic rings. The summed E-state index contributed by atoms with van der Waals surface area (Å²) < 4.78 is 68.6. The van der Waals surface area contributed by atoms with Crippen LogP contribution in [0.15, 0.2) is 60.0 Å². The first-order valence-corrected chi connectivity index (χ1v) is 12.5. The lowest BCUT2D eigenvalue weighted by Crippen LogP contribution is -2.50. The van der Waals surface area contributed by atoms with Crippen LogP contribution in [0.5, 0.6) is 0 Å². The smallest absolute Gasteiger partial charge is 0.339 e. The van der Waals surface area contributed by atoms with E-state index in [1.54, 1.807) is 11.6 Å². The van der Waals surface area contributed by atoms with Gasteiger partial charge in [-0.1, -0.05) is 41.9 Å². The van der Waals surface area contributed by atoms with Gasteiger partial charge in [-0.05, 0) is 35.2 Å². The standard InChI is InChI=1S/C23H22ClF3N4O2S/c1-30-12-21(28-14-30)34(32,33)31-11-19-18-5-3-2-4-15(18)9-22(19,13-31)29-10-16-6-7-17(8-20(16)24)23(25,26)27/h2-8,12,14,19,29H,9-11,13H2,1H3/t19-,22-/m0/s1. The van der Waals surface area contributed by atoms with E-state index < -0.39 is 27.3 Å². The maximum absolute atomic E-state index is 13.3. The molecule has 0 saturated carbocycles. The molecule has 2 aromatic carbocycles.